The number of pyridine rings is 1. The predicted molar refractivity (Wildman–Crippen MR) is 87.4 cm³/mol. The average Bonchev–Trinajstić information content (AvgIpc) is 3.20. The fraction of sp³-hybridized carbons (Fsp3) is 0.0588. The summed E-state index contributed by atoms with van der Waals surface area (Å²) in [6.45, 7) is 0. The number of aromatic amines is 1. The van der Waals surface area contributed by atoms with Crippen molar-refractivity contribution >= 4 is 22.9 Å². The highest BCUT2D eigenvalue weighted by molar-refractivity contribution is 5.77. The number of para-hydroxylation sites is 2. The fourth-order valence-corrected chi connectivity index (χ4v) is 2.35. The molecule has 4 rings (SSSR count). The third-order valence-electron chi connectivity index (χ3n) is 3.49. The molecule has 0 aliphatic heterocycles. The molecule has 2 N–H and O–H groups in total. The second-order valence-electron chi connectivity index (χ2n) is 5.30. The molecule has 0 bridgehead atoms. The van der Waals surface area contributed by atoms with Crippen LogP contribution in [-0.2, 0) is 6.18 Å². The molecule has 9 heteroatoms. The van der Waals surface area contributed by atoms with Gasteiger partial charge in [-0.15, -0.1) is 0 Å². The number of hydrogen-bond acceptors (Lipinski definition) is 5. The molecule has 132 valence electrons. The van der Waals surface area contributed by atoms with Gasteiger partial charge in [-0.3, -0.25) is 5.32 Å². The first kappa shape index (κ1) is 16.0. The first-order valence-electron chi connectivity index (χ1n) is 7.51. The van der Waals surface area contributed by atoms with Crippen LogP contribution in [0.2, 0.25) is 0 Å². The summed E-state index contributed by atoms with van der Waals surface area (Å²) in [5, 5.41) is 2.89. The summed E-state index contributed by atoms with van der Waals surface area (Å²) in [4.78, 5) is 11.0. The monoisotopic (exact) mass is 360 g/mol. The van der Waals surface area contributed by atoms with E-state index in [0.29, 0.717) is 5.95 Å². The van der Waals surface area contributed by atoms with Crippen LogP contribution in [0.4, 0.5) is 25.0 Å². The number of anilines is 2. The molecule has 26 heavy (non-hydrogen) atoms. The normalized spacial score (nSPS) is 11.7. The minimum atomic E-state index is -4.58. The van der Waals surface area contributed by atoms with Gasteiger partial charge in [-0.1, -0.05) is 12.1 Å². The summed E-state index contributed by atoms with van der Waals surface area (Å²) in [6.07, 6.45) is -3.37. The Hall–Kier alpha value is -3.49. The number of aromatic nitrogens is 3. The molecule has 0 saturated heterocycles. The van der Waals surface area contributed by atoms with Gasteiger partial charge in [-0.05, 0) is 24.3 Å². The average molecular weight is 360 g/mol. The number of hydrogen-bond donors (Lipinski definition) is 2. The van der Waals surface area contributed by atoms with Crippen molar-refractivity contribution in [3.63, 3.8) is 0 Å². The molecule has 0 atom stereocenters. The Morgan fingerprint density at radius 1 is 1.04 bits per heavy atom. The Morgan fingerprint density at radius 3 is 2.69 bits per heavy atom. The van der Waals surface area contributed by atoms with E-state index in [2.05, 4.69) is 20.3 Å². The fourth-order valence-electron chi connectivity index (χ4n) is 2.35. The number of alkyl halides is 3. The minimum absolute atomic E-state index is 0.132. The van der Waals surface area contributed by atoms with E-state index in [1.807, 2.05) is 24.3 Å². The number of nitrogens with one attached hydrogen (secondary N) is 2. The highest BCUT2D eigenvalue weighted by Crippen LogP contribution is 2.37. The summed E-state index contributed by atoms with van der Waals surface area (Å²) in [6, 6.07) is 12.4. The smallest absolute Gasteiger partial charge is 0.409 e. The lowest BCUT2D eigenvalue weighted by atomic mass is 10.2. The summed E-state index contributed by atoms with van der Waals surface area (Å²) < 4.78 is 49.4. The Morgan fingerprint density at radius 2 is 1.88 bits per heavy atom. The number of rotatable bonds is 4. The molecule has 3 aromatic heterocycles. The Labute approximate surface area is 144 Å². The summed E-state index contributed by atoms with van der Waals surface area (Å²) >= 11 is 0. The standard InChI is InChI=1S/C17H11F3N4O2/c18-17(19,20)10-4-3-9-21-15(10)26-14-8-7-13(25-14)24-16-22-11-5-1-2-6-12(11)23-16/h1-9H,(H2,22,23,24). The van der Waals surface area contributed by atoms with Crippen molar-refractivity contribution in [2.24, 2.45) is 0 Å². The van der Waals surface area contributed by atoms with Crippen molar-refractivity contribution < 1.29 is 22.3 Å². The van der Waals surface area contributed by atoms with Gasteiger partial charge in [0, 0.05) is 18.3 Å². The summed E-state index contributed by atoms with van der Waals surface area (Å²) in [7, 11) is 0. The second kappa shape index (κ2) is 6.10. The number of halogens is 3. The van der Waals surface area contributed by atoms with E-state index in [4.69, 9.17) is 9.15 Å². The number of benzene rings is 1. The molecular formula is C17H11F3N4O2. The summed E-state index contributed by atoms with van der Waals surface area (Å²) in [5.74, 6) is -0.0260. The van der Waals surface area contributed by atoms with E-state index < -0.39 is 17.6 Å². The van der Waals surface area contributed by atoms with Gasteiger partial charge in [0.05, 0.1) is 11.0 Å². The molecule has 0 aliphatic carbocycles. The number of ether oxygens (including phenoxy) is 1. The van der Waals surface area contributed by atoms with Gasteiger partial charge >= 0.3 is 6.18 Å². The largest absolute Gasteiger partial charge is 0.421 e. The van der Waals surface area contributed by atoms with E-state index in [1.54, 1.807) is 0 Å². The Kier molecular flexibility index (Phi) is 3.76. The molecule has 0 spiro atoms. The zero-order chi connectivity index (χ0) is 18.1. The SMILES string of the molecule is FC(F)(F)c1cccnc1Oc1ccc(Nc2nc3ccccc3[nH]2)o1. The van der Waals surface area contributed by atoms with E-state index in [9.17, 15) is 13.2 Å². The molecule has 4 aromatic rings. The summed E-state index contributed by atoms with van der Waals surface area (Å²) in [5.41, 5.74) is 0.617. The molecular weight excluding hydrogens is 349 g/mol. The topological polar surface area (TPSA) is 76.0 Å². The van der Waals surface area contributed by atoms with Gasteiger partial charge in [-0.2, -0.15) is 13.2 Å². The van der Waals surface area contributed by atoms with Crippen LogP contribution in [0.15, 0.2) is 59.1 Å². The number of furan rings is 1. The van der Waals surface area contributed by atoms with Crippen molar-refractivity contribution in [1.82, 2.24) is 15.0 Å². The molecule has 0 aliphatic rings. The van der Waals surface area contributed by atoms with Crippen molar-refractivity contribution in [2.75, 3.05) is 5.32 Å². The first-order valence-corrected chi connectivity index (χ1v) is 7.51. The first-order chi connectivity index (χ1) is 12.5. The molecule has 0 saturated carbocycles. The van der Waals surface area contributed by atoms with Gasteiger partial charge in [0.1, 0.15) is 5.56 Å². The maximum Gasteiger partial charge on any atom is 0.421 e. The zero-order valence-electron chi connectivity index (χ0n) is 13.0. The van der Waals surface area contributed by atoms with Crippen molar-refractivity contribution in [2.45, 2.75) is 6.18 Å². The van der Waals surface area contributed by atoms with Crippen LogP contribution in [0.3, 0.4) is 0 Å². The zero-order valence-corrected chi connectivity index (χ0v) is 13.0. The van der Waals surface area contributed by atoms with Crippen LogP contribution < -0.4 is 10.1 Å². The lowest BCUT2D eigenvalue weighted by Gasteiger charge is -2.10. The van der Waals surface area contributed by atoms with Gasteiger partial charge in [-0.25, -0.2) is 9.97 Å². The molecule has 0 radical (unpaired) electrons. The molecule has 1 aromatic carbocycles. The molecule has 3 heterocycles. The van der Waals surface area contributed by atoms with Crippen LogP contribution in [0.1, 0.15) is 5.56 Å². The lowest BCUT2D eigenvalue weighted by molar-refractivity contribution is -0.139. The van der Waals surface area contributed by atoms with E-state index in [1.165, 1.54) is 24.4 Å². The number of H-pyrrole nitrogens is 1. The van der Waals surface area contributed by atoms with Crippen LogP contribution in [0.25, 0.3) is 11.0 Å². The maximum atomic E-state index is 13.0. The maximum absolute atomic E-state index is 13.0. The molecule has 0 amide bonds. The van der Waals surface area contributed by atoms with Crippen LogP contribution in [-0.4, -0.2) is 15.0 Å². The van der Waals surface area contributed by atoms with Gasteiger partial charge in [0.15, 0.2) is 0 Å². The van der Waals surface area contributed by atoms with Crippen molar-refractivity contribution in [3.8, 4) is 11.8 Å². The minimum Gasteiger partial charge on any atom is -0.409 e. The van der Waals surface area contributed by atoms with Crippen molar-refractivity contribution in [3.05, 3.63) is 60.3 Å². The van der Waals surface area contributed by atoms with Gasteiger partial charge in [0.2, 0.25) is 17.7 Å². The van der Waals surface area contributed by atoms with Crippen LogP contribution in [0.5, 0.6) is 11.8 Å². The predicted octanol–water partition coefficient (Wildman–Crippen LogP) is 5.11. The number of nitrogens with zero attached hydrogens (tertiary/aromatic N) is 2. The van der Waals surface area contributed by atoms with Crippen LogP contribution >= 0.6 is 0 Å². The lowest BCUT2D eigenvalue weighted by Crippen LogP contribution is -2.07. The number of fused-ring (bicyclic) bond motifs is 1. The Balaban J connectivity index is 1.54. The third-order valence-corrected chi connectivity index (χ3v) is 3.49. The highest BCUT2D eigenvalue weighted by atomic mass is 19.4. The van der Waals surface area contributed by atoms with E-state index >= 15 is 0 Å². The quantitative estimate of drug-likeness (QED) is 0.529. The number of imidazole rings is 1. The molecule has 6 nitrogen and oxygen atoms in total. The molecule has 0 fully saturated rings. The third kappa shape index (κ3) is 3.18. The Bertz CT molecular complexity index is 1020. The van der Waals surface area contributed by atoms with E-state index in [-0.39, 0.29) is 11.8 Å². The highest BCUT2D eigenvalue weighted by Gasteiger charge is 2.35. The van der Waals surface area contributed by atoms with Gasteiger partial charge < -0.3 is 14.1 Å². The molecule has 0 unspecified atom stereocenters. The second-order valence-corrected chi connectivity index (χ2v) is 5.30. The van der Waals surface area contributed by atoms with Crippen LogP contribution in [0, 0.1) is 0 Å². The van der Waals surface area contributed by atoms with Gasteiger partial charge in [0.25, 0.3) is 5.95 Å². The van der Waals surface area contributed by atoms with Crippen molar-refractivity contribution in [1.29, 1.82) is 0 Å². The van der Waals surface area contributed by atoms with E-state index in [0.717, 1.165) is 17.1 Å².